The average molecular weight is 673 g/mol. The topological polar surface area (TPSA) is 167 Å². The number of aromatic nitrogens is 5. The van der Waals surface area contributed by atoms with E-state index in [9.17, 15) is 14.4 Å². The van der Waals surface area contributed by atoms with Crippen LogP contribution in [0.3, 0.4) is 0 Å². The molecule has 0 bridgehead atoms. The van der Waals surface area contributed by atoms with Gasteiger partial charge in [-0.2, -0.15) is 5.10 Å². The zero-order valence-corrected chi connectivity index (χ0v) is 28.2. The van der Waals surface area contributed by atoms with Crippen LogP contribution in [-0.4, -0.2) is 80.2 Å². The summed E-state index contributed by atoms with van der Waals surface area (Å²) in [6.45, 7) is 7.09. The minimum absolute atomic E-state index is 0.0499. The molecule has 5 N–H and O–H groups in total. The number of rotatable bonds is 12. The van der Waals surface area contributed by atoms with Crippen LogP contribution < -0.4 is 26.2 Å². The standard InChI is InChI=1S/C34H44N10O3S/c1-2-24-17-29-30(40-32(24)45)16-23(18-37-29)21-42-12-14-43(15-13-42)26-8-9-28(38-19-26)33(46)41-48-27-20-39-44(22-27)11-10-36-34(47)31(35)25-6-4-3-5-7-25/h8-9,16-20,22,25,31H,2-7,10-15,21,35H2,1H3,(H,36,47)(H,40,45)(H,41,46). The Morgan fingerprint density at radius 2 is 1.88 bits per heavy atom. The lowest BCUT2D eigenvalue weighted by Gasteiger charge is -2.36. The van der Waals surface area contributed by atoms with Crippen LogP contribution in [0, 0.1) is 5.92 Å². The lowest BCUT2D eigenvalue weighted by Crippen LogP contribution is -2.46. The molecule has 2 amide bonds. The number of nitrogens with two attached hydrogens (primary N) is 1. The van der Waals surface area contributed by atoms with E-state index in [4.69, 9.17) is 5.73 Å². The predicted octanol–water partition coefficient (Wildman–Crippen LogP) is 2.86. The number of pyridine rings is 3. The molecule has 5 heterocycles. The molecule has 1 saturated carbocycles. The predicted molar refractivity (Wildman–Crippen MR) is 187 cm³/mol. The highest BCUT2D eigenvalue weighted by atomic mass is 32.2. The van der Waals surface area contributed by atoms with Gasteiger partial charge in [0.15, 0.2) is 0 Å². The maximum atomic E-state index is 12.8. The Hall–Kier alpha value is -4.27. The number of piperazine rings is 1. The molecule has 2 aliphatic rings. The Kier molecular flexibility index (Phi) is 11.0. The molecule has 254 valence electrons. The highest BCUT2D eigenvalue weighted by Gasteiger charge is 2.26. The van der Waals surface area contributed by atoms with Crippen LogP contribution in [0.25, 0.3) is 11.0 Å². The minimum Gasteiger partial charge on any atom is -0.368 e. The van der Waals surface area contributed by atoms with Gasteiger partial charge in [-0.05, 0) is 67.0 Å². The van der Waals surface area contributed by atoms with Gasteiger partial charge in [-0.25, -0.2) is 4.98 Å². The molecular formula is C34H44N10O3S. The third-order valence-corrected chi connectivity index (χ3v) is 10.0. The van der Waals surface area contributed by atoms with Gasteiger partial charge in [0.2, 0.25) is 5.91 Å². The summed E-state index contributed by atoms with van der Waals surface area (Å²) < 4.78 is 4.56. The van der Waals surface area contributed by atoms with Crippen LogP contribution in [0.4, 0.5) is 5.69 Å². The van der Waals surface area contributed by atoms with Crippen molar-refractivity contribution in [1.82, 2.24) is 39.7 Å². The van der Waals surface area contributed by atoms with Crippen molar-refractivity contribution >= 4 is 40.5 Å². The molecule has 48 heavy (non-hydrogen) atoms. The van der Waals surface area contributed by atoms with Crippen LogP contribution in [0.15, 0.2) is 58.7 Å². The molecule has 2 fully saturated rings. The summed E-state index contributed by atoms with van der Waals surface area (Å²) >= 11 is 1.18. The van der Waals surface area contributed by atoms with Crippen molar-refractivity contribution in [2.75, 3.05) is 37.6 Å². The van der Waals surface area contributed by atoms with Crippen molar-refractivity contribution in [3.63, 3.8) is 0 Å². The summed E-state index contributed by atoms with van der Waals surface area (Å²) in [7, 11) is 0. The van der Waals surface area contributed by atoms with Crippen molar-refractivity contribution in [1.29, 1.82) is 0 Å². The zero-order valence-electron chi connectivity index (χ0n) is 27.4. The third-order valence-electron chi connectivity index (χ3n) is 9.30. The fourth-order valence-corrected chi connectivity index (χ4v) is 7.03. The van der Waals surface area contributed by atoms with E-state index in [0.717, 1.165) is 91.2 Å². The average Bonchev–Trinajstić information content (AvgIpc) is 3.58. The molecule has 13 nitrogen and oxygen atoms in total. The molecule has 1 aliphatic carbocycles. The number of nitrogens with zero attached hydrogens (tertiary/aromatic N) is 6. The van der Waals surface area contributed by atoms with E-state index in [2.05, 4.69) is 39.9 Å². The summed E-state index contributed by atoms with van der Waals surface area (Å²) in [6, 6.07) is 7.11. The summed E-state index contributed by atoms with van der Waals surface area (Å²) in [5.74, 6) is -0.117. The number of carbonyl (C=O) groups excluding carboxylic acids is 2. The van der Waals surface area contributed by atoms with E-state index in [1.165, 1.54) is 18.4 Å². The van der Waals surface area contributed by atoms with Crippen molar-refractivity contribution in [2.24, 2.45) is 11.7 Å². The van der Waals surface area contributed by atoms with Crippen molar-refractivity contribution < 1.29 is 9.59 Å². The molecule has 1 unspecified atom stereocenters. The van der Waals surface area contributed by atoms with E-state index in [-0.39, 0.29) is 23.3 Å². The molecule has 1 saturated heterocycles. The van der Waals surface area contributed by atoms with E-state index in [1.54, 1.807) is 23.1 Å². The van der Waals surface area contributed by atoms with Gasteiger partial charge in [0.05, 0.1) is 46.6 Å². The largest absolute Gasteiger partial charge is 0.368 e. The molecule has 0 aromatic carbocycles. The van der Waals surface area contributed by atoms with Gasteiger partial charge in [0.1, 0.15) is 5.69 Å². The highest BCUT2D eigenvalue weighted by molar-refractivity contribution is 7.98. The van der Waals surface area contributed by atoms with Gasteiger partial charge in [0.25, 0.3) is 11.5 Å². The second-order valence-electron chi connectivity index (χ2n) is 12.6. The molecule has 1 atom stereocenters. The monoisotopic (exact) mass is 672 g/mol. The minimum atomic E-state index is -0.452. The molecular weight excluding hydrogens is 629 g/mol. The first-order valence-electron chi connectivity index (χ1n) is 16.8. The van der Waals surface area contributed by atoms with Gasteiger partial charge < -0.3 is 20.9 Å². The maximum Gasteiger partial charge on any atom is 0.279 e. The Balaban J connectivity index is 0.916. The Morgan fingerprint density at radius 3 is 2.62 bits per heavy atom. The number of aromatic amines is 1. The number of anilines is 1. The fourth-order valence-electron chi connectivity index (χ4n) is 6.44. The van der Waals surface area contributed by atoms with Crippen LogP contribution in [-0.2, 0) is 24.3 Å². The molecule has 6 rings (SSSR count). The number of hydrogen-bond donors (Lipinski definition) is 4. The first kappa shape index (κ1) is 33.6. The van der Waals surface area contributed by atoms with Crippen LogP contribution in [0.5, 0.6) is 0 Å². The molecule has 0 spiro atoms. The second-order valence-corrected chi connectivity index (χ2v) is 13.5. The summed E-state index contributed by atoms with van der Waals surface area (Å²) in [5.41, 5.74) is 10.8. The van der Waals surface area contributed by atoms with E-state index >= 15 is 0 Å². The van der Waals surface area contributed by atoms with E-state index in [1.807, 2.05) is 37.5 Å². The SMILES string of the molecule is CCc1cc2ncc(CN3CCN(c4ccc(C(=O)NSc5cnn(CCNC(=O)C(N)C6CCCCC6)c5)nc4)CC3)cc2[nH]c1=O. The number of amides is 2. The normalized spacial score (nSPS) is 16.6. The summed E-state index contributed by atoms with van der Waals surface area (Å²) in [6.07, 6.45) is 13.4. The Bertz CT molecular complexity index is 1760. The van der Waals surface area contributed by atoms with Crippen molar-refractivity contribution in [3.05, 3.63) is 76.2 Å². The number of hydrogen-bond acceptors (Lipinski definition) is 10. The van der Waals surface area contributed by atoms with Gasteiger partial charge in [-0.1, -0.05) is 26.2 Å². The molecule has 14 heteroatoms. The lowest BCUT2D eigenvalue weighted by molar-refractivity contribution is -0.123. The van der Waals surface area contributed by atoms with Gasteiger partial charge in [-0.15, -0.1) is 0 Å². The number of H-pyrrole nitrogens is 1. The number of nitrogens with one attached hydrogen (secondary N) is 3. The smallest absolute Gasteiger partial charge is 0.279 e. The zero-order chi connectivity index (χ0) is 33.5. The Morgan fingerprint density at radius 1 is 1.06 bits per heavy atom. The number of fused-ring (bicyclic) bond motifs is 1. The second kappa shape index (κ2) is 15.8. The molecule has 4 aromatic rings. The first-order chi connectivity index (χ1) is 23.4. The maximum absolute atomic E-state index is 12.8. The van der Waals surface area contributed by atoms with Gasteiger partial charge in [-0.3, -0.25) is 33.7 Å². The van der Waals surface area contributed by atoms with Crippen LogP contribution in [0.2, 0.25) is 0 Å². The van der Waals surface area contributed by atoms with E-state index < -0.39 is 6.04 Å². The van der Waals surface area contributed by atoms with Crippen molar-refractivity contribution in [3.8, 4) is 0 Å². The van der Waals surface area contributed by atoms with E-state index in [0.29, 0.717) is 25.2 Å². The van der Waals surface area contributed by atoms with Crippen LogP contribution >= 0.6 is 11.9 Å². The Labute approximate surface area is 284 Å². The molecule has 4 aromatic heterocycles. The van der Waals surface area contributed by atoms with Gasteiger partial charge >= 0.3 is 0 Å². The quantitative estimate of drug-likeness (QED) is 0.164. The first-order valence-corrected chi connectivity index (χ1v) is 17.6. The van der Waals surface area contributed by atoms with Crippen LogP contribution in [0.1, 0.15) is 60.6 Å². The highest BCUT2D eigenvalue weighted by Crippen LogP contribution is 2.26. The van der Waals surface area contributed by atoms with Crippen molar-refractivity contribution in [2.45, 2.75) is 69.5 Å². The lowest BCUT2D eigenvalue weighted by atomic mass is 9.84. The third kappa shape index (κ3) is 8.41. The molecule has 1 aliphatic heterocycles. The number of carbonyl (C=O) groups is 2. The molecule has 0 radical (unpaired) electrons. The number of aryl methyl sites for hydroxylation is 1. The fraction of sp³-hybridized carbons (Fsp3) is 0.471. The van der Waals surface area contributed by atoms with Gasteiger partial charge in [0, 0.05) is 57.2 Å². The summed E-state index contributed by atoms with van der Waals surface area (Å²) in [4.78, 5) is 54.8. The summed E-state index contributed by atoms with van der Waals surface area (Å²) in [5, 5.41) is 7.26.